The molecule has 1 aliphatic carbocycles. The van der Waals surface area contributed by atoms with E-state index in [2.05, 4.69) is 15.5 Å². The third-order valence-corrected chi connectivity index (χ3v) is 4.55. The van der Waals surface area contributed by atoms with Gasteiger partial charge in [0.15, 0.2) is 5.82 Å². The van der Waals surface area contributed by atoms with Crippen molar-refractivity contribution in [2.45, 2.75) is 50.6 Å². The number of fused-ring (bicyclic) bond motifs is 1. The maximum Gasteiger partial charge on any atom is 0.243 e. The molecule has 3 atom stereocenters. The Morgan fingerprint density at radius 1 is 1.24 bits per heavy atom. The number of rotatable bonds is 7. The van der Waals surface area contributed by atoms with Crippen molar-refractivity contribution < 1.29 is 14.0 Å². The van der Waals surface area contributed by atoms with Crippen molar-refractivity contribution in [3.8, 4) is 0 Å². The van der Waals surface area contributed by atoms with Crippen molar-refractivity contribution in [2.75, 3.05) is 26.9 Å². The molecule has 2 fully saturated rings. The molecule has 1 aromatic heterocycles. The molecule has 0 radical (unpaired) electrons. The lowest BCUT2D eigenvalue weighted by Gasteiger charge is -2.24. The molecule has 3 rings (SSSR count). The SMILES string of the molecule is COCCOCCc1noc(C2CC3CCCCC3N2)n1. The van der Waals surface area contributed by atoms with Gasteiger partial charge in [-0.25, -0.2) is 0 Å². The van der Waals surface area contributed by atoms with Crippen LogP contribution in [0.2, 0.25) is 0 Å². The van der Waals surface area contributed by atoms with Crippen molar-refractivity contribution in [3.63, 3.8) is 0 Å². The Balaban J connectivity index is 1.46. The van der Waals surface area contributed by atoms with Crippen LogP contribution < -0.4 is 5.32 Å². The zero-order chi connectivity index (χ0) is 14.5. The third kappa shape index (κ3) is 3.81. The molecular weight excluding hydrogens is 270 g/mol. The fourth-order valence-electron chi connectivity index (χ4n) is 3.43. The molecule has 2 aliphatic rings. The molecule has 0 aromatic carbocycles. The van der Waals surface area contributed by atoms with Crippen molar-refractivity contribution in [1.29, 1.82) is 0 Å². The minimum absolute atomic E-state index is 0.244. The monoisotopic (exact) mass is 295 g/mol. The van der Waals surface area contributed by atoms with E-state index in [0.29, 0.717) is 32.3 Å². The van der Waals surface area contributed by atoms with E-state index in [4.69, 9.17) is 14.0 Å². The second-order valence-corrected chi connectivity index (χ2v) is 6.01. The zero-order valence-corrected chi connectivity index (χ0v) is 12.7. The molecule has 1 aromatic rings. The van der Waals surface area contributed by atoms with E-state index in [-0.39, 0.29) is 6.04 Å². The fraction of sp³-hybridized carbons (Fsp3) is 0.867. The van der Waals surface area contributed by atoms with Gasteiger partial charge in [0.2, 0.25) is 5.89 Å². The van der Waals surface area contributed by atoms with Crippen LogP contribution in [-0.2, 0) is 15.9 Å². The average Bonchev–Trinajstić information content (AvgIpc) is 3.13. The van der Waals surface area contributed by atoms with E-state index < -0.39 is 0 Å². The number of hydrogen-bond acceptors (Lipinski definition) is 6. The second-order valence-electron chi connectivity index (χ2n) is 6.01. The van der Waals surface area contributed by atoms with Crippen molar-refractivity contribution in [3.05, 3.63) is 11.7 Å². The van der Waals surface area contributed by atoms with Crippen LogP contribution in [0, 0.1) is 5.92 Å². The first kappa shape index (κ1) is 14.9. The van der Waals surface area contributed by atoms with Crippen LogP contribution in [0.5, 0.6) is 0 Å². The van der Waals surface area contributed by atoms with E-state index >= 15 is 0 Å². The van der Waals surface area contributed by atoms with Crippen LogP contribution in [0.1, 0.15) is 49.9 Å². The summed E-state index contributed by atoms with van der Waals surface area (Å²) in [6, 6.07) is 0.894. The zero-order valence-electron chi connectivity index (χ0n) is 12.7. The summed E-state index contributed by atoms with van der Waals surface area (Å²) in [5.41, 5.74) is 0. The largest absolute Gasteiger partial charge is 0.382 e. The van der Waals surface area contributed by atoms with Gasteiger partial charge in [0, 0.05) is 19.6 Å². The summed E-state index contributed by atoms with van der Waals surface area (Å²) in [5, 5.41) is 7.72. The van der Waals surface area contributed by atoms with E-state index in [1.807, 2.05) is 0 Å². The van der Waals surface area contributed by atoms with Crippen LogP contribution in [-0.4, -0.2) is 43.1 Å². The highest BCUT2D eigenvalue weighted by Crippen LogP contribution is 2.38. The summed E-state index contributed by atoms with van der Waals surface area (Å²) in [6.07, 6.45) is 7.15. The molecule has 2 heterocycles. The molecule has 21 heavy (non-hydrogen) atoms. The maximum atomic E-state index is 5.43. The number of nitrogens with one attached hydrogen (secondary N) is 1. The Kier molecular flexibility index (Phi) is 5.22. The minimum atomic E-state index is 0.244. The molecule has 118 valence electrons. The Hall–Kier alpha value is -0.980. The van der Waals surface area contributed by atoms with E-state index in [1.54, 1.807) is 7.11 Å². The van der Waals surface area contributed by atoms with Gasteiger partial charge in [0.1, 0.15) is 0 Å². The molecule has 0 bridgehead atoms. The van der Waals surface area contributed by atoms with Crippen molar-refractivity contribution in [2.24, 2.45) is 5.92 Å². The lowest BCUT2D eigenvalue weighted by molar-refractivity contribution is 0.0714. The van der Waals surface area contributed by atoms with Gasteiger partial charge in [-0.1, -0.05) is 18.0 Å². The molecular formula is C15H25N3O3. The Labute approximate surface area is 125 Å². The number of methoxy groups -OCH3 is 1. The van der Waals surface area contributed by atoms with E-state index in [1.165, 1.54) is 25.7 Å². The number of aromatic nitrogens is 2. The normalized spacial score (nSPS) is 28.7. The van der Waals surface area contributed by atoms with Crippen LogP contribution in [0.25, 0.3) is 0 Å². The first-order valence-corrected chi connectivity index (χ1v) is 8.02. The predicted molar refractivity (Wildman–Crippen MR) is 76.9 cm³/mol. The molecule has 6 nitrogen and oxygen atoms in total. The highest BCUT2D eigenvalue weighted by Gasteiger charge is 2.38. The van der Waals surface area contributed by atoms with E-state index in [9.17, 15) is 0 Å². The van der Waals surface area contributed by atoms with Gasteiger partial charge in [-0.3, -0.25) is 0 Å². The van der Waals surface area contributed by atoms with Gasteiger partial charge in [0.25, 0.3) is 0 Å². The van der Waals surface area contributed by atoms with Crippen LogP contribution >= 0.6 is 0 Å². The Morgan fingerprint density at radius 3 is 3.00 bits per heavy atom. The van der Waals surface area contributed by atoms with Crippen LogP contribution in [0.3, 0.4) is 0 Å². The standard InChI is InChI=1S/C15H25N3O3/c1-19-8-9-20-7-6-14-17-15(21-18-14)13-10-11-4-2-3-5-12(11)16-13/h11-13,16H,2-10H2,1H3. The maximum absolute atomic E-state index is 5.43. The summed E-state index contributed by atoms with van der Waals surface area (Å²) < 4.78 is 15.8. The quantitative estimate of drug-likeness (QED) is 0.774. The molecule has 1 aliphatic heterocycles. The second kappa shape index (κ2) is 7.33. The lowest BCUT2D eigenvalue weighted by atomic mass is 9.85. The fourth-order valence-corrected chi connectivity index (χ4v) is 3.43. The van der Waals surface area contributed by atoms with Gasteiger partial charge in [-0.2, -0.15) is 4.98 Å². The molecule has 1 saturated carbocycles. The summed E-state index contributed by atoms with van der Waals surface area (Å²) in [4.78, 5) is 4.52. The predicted octanol–water partition coefficient (Wildman–Crippen LogP) is 1.87. The first-order valence-electron chi connectivity index (χ1n) is 8.02. The summed E-state index contributed by atoms with van der Waals surface area (Å²) >= 11 is 0. The molecule has 6 heteroatoms. The van der Waals surface area contributed by atoms with Crippen molar-refractivity contribution >= 4 is 0 Å². The summed E-state index contributed by atoms with van der Waals surface area (Å²) in [6.45, 7) is 1.83. The summed E-state index contributed by atoms with van der Waals surface area (Å²) in [7, 11) is 1.67. The molecule has 1 N–H and O–H groups in total. The van der Waals surface area contributed by atoms with Gasteiger partial charge in [0.05, 0.1) is 25.9 Å². The first-order chi connectivity index (χ1) is 10.4. The molecule has 1 saturated heterocycles. The van der Waals surface area contributed by atoms with Gasteiger partial charge < -0.3 is 19.3 Å². The number of hydrogen-bond donors (Lipinski definition) is 1. The number of nitrogens with zero attached hydrogens (tertiary/aromatic N) is 2. The molecule has 0 amide bonds. The van der Waals surface area contributed by atoms with Gasteiger partial charge >= 0.3 is 0 Å². The summed E-state index contributed by atoms with van der Waals surface area (Å²) in [5.74, 6) is 2.27. The highest BCUT2D eigenvalue weighted by molar-refractivity contribution is 5.01. The lowest BCUT2D eigenvalue weighted by Crippen LogP contribution is -2.30. The third-order valence-electron chi connectivity index (χ3n) is 4.55. The van der Waals surface area contributed by atoms with Crippen LogP contribution in [0.4, 0.5) is 0 Å². The van der Waals surface area contributed by atoms with Gasteiger partial charge in [-0.05, 0) is 25.2 Å². The Morgan fingerprint density at radius 2 is 2.14 bits per heavy atom. The molecule has 3 unspecified atom stereocenters. The van der Waals surface area contributed by atoms with Gasteiger partial charge in [-0.15, -0.1) is 0 Å². The molecule has 0 spiro atoms. The van der Waals surface area contributed by atoms with Crippen molar-refractivity contribution in [1.82, 2.24) is 15.5 Å². The smallest absolute Gasteiger partial charge is 0.243 e. The van der Waals surface area contributed by atoms with Crippen LogP contribution in [0.15, 0.2) is 4.52 Å². The Bertz CT molecular complexity index is 424. The topological polar surface area (TPSA) is 69.4 Å². The van der Waals surface area contributed by atoms with E-state index in [0.717, 1.165) is 24.1 Å². The average molecular weight is 295 g/mol. The highest BCUT2D eigenvalue weighted by atomic mass is 16.5. The minimum Gasteiger partial charge on any atom is -0.382 e. The number of ether oxygens (including phenoxy) is 2.